The SMILES string of the molecule is CC1(C)CC(=O)C2=C(C1)NC1=C(C(=O)CC(C)(C)C1)C2c1cccs1. The van der Waals surface area contributed by atoms with E-state index in [1.54, 1.807) is 11.3 Å². The number of nitrogens with one attached hydrogen (secondary N) is 1. The summed E-state index contributed by atoms with van der Waals surface area (Å²) in [5.41, 5.74) is 3.71. The Morgan fingerprint density at radius 3 is 1.88 bits per heavy atom. The van der Waals surface area contributed by atoms with Crippen LogP contribution in [0.1, 0.15) is 64.2 Å². The van der Waals surface area contributed by atoms with Crippen molar-refractivity contribution in [3.8, 4) is 0 Å². The molecular formula is C21H25NO2S. The van der Waals surface area contributed by atoms with Crippen LogP contribution in [0.4, 0.5) is 0 Å². The normalized spacial score (nSPS) is 25.6. The van der Waals surface area contributed by atoms with Gasteiger partial charge in [0.2, 0.25) is 0 Å². The van der Waals surface area contributed by atoms with Gasteiger partial charge in [0.1, 0.15) is 0 Å². The molecule has 0 radical (unpaired) electrons. The van der Waals surface area contributed by atoms with Gasteiger partial charge < -0.3 is 5.32 Å². The summed E-state index contributed by atoms with van der Waals surface area (Å²) >= 11 is 1.64. The molecule has 3 nitrogen and oxygen atoms in total. The number of hydrogen-bond donors (Lipinski definition) is 1. The lowest BCUT2D eigenvalue weighted by atomic mass is 9.65. The fourth-order valence-electron chi connectivity index (χ4n) is 4.63. The van der Waals surface area contributed by atoms with Crippen molar-refractivity contribution >= 4 is 22.9 Å². The van der Waals surface area contributed by atoms with Crippen LogP contribution in [-0.4, -0.2) is 11.6 Å². The predicted molar refractivity (Wildman–Crippen MR) is 100 cm³/mol. The Balaban J connectivity index is 1.89. The van der Waals surface area contributed by atoms with E-state index in [1.807, 2.05) is 11.4 Å². The number of Topliss-reactive ketones (excluding diaryl/α,β-unsaturated/α-hetero) is 2. The lowest BCUT2D eigenvalue weighted by molar-refractivity contribution is -0.119. The Labute approximate surface area is 153 Å². The lowest BCUT2D eigenvalue weighted by Crippen LogP contribution is -2.42. The minimum Gasteiger partial charge on any atom is -0.362 e. The number of carbonyl (C=O) groups is 2. The Kier molecular flexibility index (Phi) is 3.63. The molecule has 1 N–H and O–H groups in total. The zero-order chi connectivity index (χ0) is 18.0. The van der Waals surface area contributed by atoms with Gasteiger partial charge in [-0.05, 0) is 35.1 Å². The minimum atomic E-state index is -0.168. The Morgan fingerprint density at radius 1 is 0.920 bits per heavy atom. The van der Waals surface area contributed by atoms with Crippen LogP contribution in [0.2, 0.25) is 0 Å². The smallest absolute Gasteiger partial charge is 0.162 e. The highest BCUT2D eigenvalue weighted by Gasteiger charge is 2.46. The second kappa shape index (κ2) is 5.41. The Morgan fingerprint density at radius 2 is 1.44 bits per heavy atom. The van der Waals surface area contributed by atoms with Gasteiger partial charge in [0.05, 0.1) is 5.92 Å². The molecule has 0 unspecified atom stereocenters. The van der Waals surface area contributed by atoms with Crippen LogP contribution in [0.5, 0.6) is 0 Å². The maximum atomic E-state index is 13.0. The highest BCUT2D eigenvalue weighted by molar-refractivity contribution is 7.10. The van der Waals surface area contributed by atoms with Gasteiger partial charge in [0.25, 0.3) is 0 Å². The van der Waals surface area contributed by atoms with Crippen LogP contribution >= 0.6 is 11.3 Å². The largest absolute Gasteiger partial charge is 0.362 e. The zero-order valence-electron chi connectivity index (χ0n) is 15.4. The summed E-state index contributed by atoms with van der Waals surface area (Å²) in [5, 5.41) is 5.58. The third kappa shape index (κ3) is 2.80. The fourth-order valence-corrected chi connectivity index (χ4v) is 5.47. The summed E-state index contributed by atoms with van der Waals surface area (Å²) < 4.78 is 0. The maximum Gasteiger partial charge on any atom is 0.162 e. The highest BCUT2D eigenvalue weighted by Crippen LogP contribution is 2.51. The molecule has 0 fully saturated rings. The lowest BCUT2D eigenvalue weighted by Gasteiger charge is -2.43. The van der Waals surface area contributed by atoms with Crippen molar-refractivity contribution < 1.29 is 9.59 Å². The second-order valence-electron chi connectivity index (χ2n) is 9.24. The molecule has 0 spiro atoms. The van der Waals surface area contributed by atoms with E-state index in [9.17, 15) is 9.59 Å². The monoisotopic (exact) mass is 355 g/mol. The third-order valence-electron chi connectivity index (χ3n) is 5.55. The van der Waals surface area contributed by atoms with Crippen molar-refractivity contribution in [1.82, 2.24) is 5.32 Å². The van der Waals surface area contributed by atoms with Crippen molar-refractivity contribution in [2.75, 3.05) is 0 Å². The van der Waals surface area contributed by atoms with Gasteiger partial charge in [-0.3, -0.25) is 9.59 Å². The van der Waals surface area contributed by atoms with E-state index in [-0.39, 0.29) is 28.3 Å². The first kappa shape index (κ1) is 16.8. The average molecular weight is 356 g/mol. The van der Waals surface area contributed by atoms with Gasteiger partial charge in [-0.2, -0.15) is 0 Å². The molecule has 0 aromatic carbocycles. The molecule has 132 valence electrons. The topological polar surface area (TPSA) is 46.2 Å². The molecule has 4 rings (SSSR count). The van der Waals surface area contributed by atoms with Gasteiger partial charge in [0, 0.05) is 40.3 Å². The van der Waals surface area contributed by atoms with Gasteiger partial charge in [0.15, 0.2) is 11.6 Å². The summed E-state index contributed by atoms with van der Waals surface area (Å²) in [7, 11) is 0. The number of rotatable bonds is 1. The van der Waals surface area contributed by atoms with Crippen molar-refractivity contribution in [3.63, 3.8) is 0 Å². The van der Waals surface area contributed by atoms with E-state index in [4.69, 9.17) is 0 Å². The van der Waals surface area contributed by atoms with Crippen LogP contribution in [0.25, 0.3) is 0 Å². The first-order valence-electron chi connectivity index (χ1n) is 9.00. The van der Waals surface area contributed by atoms with Gasteiger partial charge in [-0.15, -0.1) is 11.3 Å². The minimum absolute atomic E-state index is 0.0326. The molecule has 1 aliphatic heterocycles. The number of ketones is 2. The van der Waals surface area contributed by atoms with Crippen molar-refractivity contribution in [3.05, 3.63) is 44.9 Å². The second-order valence-corrected chi connectivity index (χ2v) is 10.2. The quantitative estimate of drug-likeness (QED) is 0.793. The van der Waals surface area contributed by atoms with Gasteiger partial charge >= 0.3 is 0 Å². The first-order chi connectivity index (χ1) is 11.7. The van der Waals surface area contributed by atoms with Crippen molar-refractivity contribution in [2.24, 2.45) is 10.8 Å². The number of hydrogen-bond acceptors (Lipinski definition) is 4. The summed E-state index contributed by atoms with van der Waals surface area (Å²) in [6.45, 7) is 8.60. The van der Waals surface area contributed by atoms with Crippen LogP contribution < -0.4 is 5.32 Å². The Hall–Kier alpha value is -1.68. The standard InChI is InChI=1S/C21H25NO2S/c1-20(2)8-12-17(14(23)10-20)19(16-6-5-7-25-16)18-13(22-12)9-21(3,4)11-15(18)24/h5-7,19,22H,8-11H2,1-4H3. The van der Waals surface area contributed by atoms with E-state index in [0.717, 1.165) is 40.3 Å². The molecule has 0 bridgehead atoms. The fraction of sp³-hybridized carbons (Fsp3) is 0.524. The average Bonchev–Trinajstić information content (AvgIpc) is 2.95. The summed E-state index contributed by atoms with van der Waals surface area (Å²) in [5.74, 6) is 0.223. The summed E-state index contributed by atoms with van der Waals surface area (Å²) in [4.78, 5) is 27.2. The number of allylic oxidation sites excluding steroid dienone is 4. The van der Waals surface area contributed by atoms with Crippen LogP contribution in [-0.2, 0) is 9.59 Å². The molecule has 1 aromatic heterocycles. The van der Waals surface area contributed by atoms with Crippen LogP contribution in [0.3, 0.4) is 0 Å². The van der Waals surface area contributed by atoms with E-state index < -0.39 is 0 Å². The van der Waals surface area contributed by atoms with Gasteiger partial charge in [-0.25, -0.2) is 0 Å². The van der Waals surface area contributed by atoms with E-state index in [0.29, 0.717) is 12.8 Å². The summed E-state index contributed by atoms with van der Waals surface area (Å²) in [6, 6.07) is 4.08. The molecule has 3 aliphatic rings. The number of dihydropyridines is 1. The molecule has 4 heteroatoms. The van der Waals surface area contributed by atoms with E-state index >= 15 is 0 Å². The first-order valence-corrected chi connectivity index (χ1v) is 9.88. The molecular weight excluding hydrogens is 330 g/mol. The van der Waals surface area contributed by atoms with Crippen molar-refractivity contribution in [2.45, 2.75) is 59.3 Å². The molecule has 0 amide bonds. The molecule has 2 aliphatic carbocycles. The van der Waals surface area contributed by atoms with Crippen molar-refractivity contribution in [1.29, 1.82) is 0 Å². The van der Waals surface area contributed by atoms with E-state index in [2.05, 4.69) is 39.1 Å². The van der Waals surface area contributed by atoms with Crippen LogP contribution in [0.15, 0.2) is 40.1 Å². The van der Waals surface area contributed by atoms with Gasteiger partial charge in [-0.1, -0.05) is 33.8 Å². The highest BCUT2D eigenvalue weighted by atomic mass is 32.1. The van der Waals surface area contributed by atoms with Crippen LogP contribution in [0, 0.1) is 10.8 Å². The number of thiophene rings is 1. The number of carbonyl (C=O) groups excluding carboxylic acids is 2. The molecule has 1 aromatic rings. The molecule has 0 atom stereocenters. The zero-order valence-corrected chi connectivity index (χ0v) is 16.2. The molecule has 25 heavy (non-hydrogen) atoms. The Bertz CT molecular complexity index is 772. The third-order valence-corrected chi connectivity index (χ3v) is 6.48. The molecule has 2 heterocycles. The molecule has 0 saturated carbocycles. The predicted octanol–water partition coefficient (Wildman–Crippen LogP) is 4.72. The summed E-state index contributed by atoms with van der Waals surface area (Å²) in [6.07, 6.45) is 2.83. The molecule has 0 saturated heterocycles. The maximum absolute atomic E-state index is 13.0. The van der Waals surface area contributed by atoms with E-state index in [1.165, 1.54) is 0 Å².